The highest BCUT2D eigenvalue weighted by molar-refractivity contribution is 5.95. The van der Waals surface area contributed by atoms with Crippen molar-refractivity contribution in [2.24, 2.45) is 11.8 Å². The number of benzene rings is 1. The Hall–Kier alpha value is -1.84. The molecule has 0 fully saturated rings. The van der Waals surface area contributed by atoms with Crippen molar-refractivity contribution in [2.75, 3.05) is 6.61 Å². The average molecular weight is 292 g/mol. The molecular formula is C17H24O4. The van der Waals surface area contributed by atoms with Crippen LogP contribution in [0.15, 0.2) is 30.3 Å². The van der Waals surface area contributed by atoms with Gasteiger partial charge in [-0.3, -0.25) is 9.59 Å². The Morgan fingerprint density at radius 3 is 2.29 bits per heavy atom. The summed E-state index contributed by atoms with van der Waals surface area (Å²) in [6, 6.07) is 8.76. The lowest BCUT2D eigenvalue weighted by Crippen LogP contribution is -2.30. The Balaban J connectivity index is 2.58. The minimum atomic E-state index is -0.845. The first kappa shape index (κ1) is 17.2. The summed E-state index contributed by atoms with van der Waals surface area (Å²) >= 11 is 0. The summed E-state index contributed by atoms with van der Waals surface area (Å²) in [7, 11) is 0. The normalized spacial score (nSPS) is 12.0. The fraction of sp³-hybridized carbons (Fsp3) is 0.529. The molecule has 0 saturated carbocycles. The molecule has 1 rings (SSSR count). The largest absolute Gasteiger partial charge is 0.465 e. The molecule has 0 amide bonds. The van der Waals surface area contributed by atoms with Gasteiger partial charge in [-0.1, -0.05) is 45.4 Å². The van der Waals surface area contributed by atoms with Crippen LogP contribution in [-0.4, -0.2) is 18.5 Å². The molecule has 21 heavy (non-hydrogen) atoms. The highest BCUT2D eigenvalue weighted by atomic mass is 16.6. The van der Waals surface area contributed by atoms with E-state index in [1.54, 1.807) is 24.3 Å². The molecular weight excluding hydrogens is 268 g/mol. The van der Waals surface area contributed by atoms with Crippen LogP contribution in [-0.2, 0) is 14.3 Å². The predicted octanol–water partition coefficient (Wildman–Crippen LogP) is 3.60. The second-order valence-corrected chi connectivity index (χ2v) is 5.43. The average Bonchev–Trinajstić information content (AvgIpc) is 2.45. The van der Waals surface area contributed by atoms with Crippen LogP contribution in [0.5, 0.6) is 5.75 Å². The van der Waals surface area contributed by atoms with E-state index in [0.29, 0.717) is 31.1 Å². The Labute approximate surface area is 126 Å². The predicted molar refractivity (Wildman–Crippen MR) is 80.9 cm³/mol. The van der Waals surface area contributed by atoms with E-state index < -0.39 is 17.9 Å². The van der Waals surface area contributed by atoms with Gasteiger partial charge in [-0.25, -0.2) is 0 Å². The number of hydrogen-bond acceptors (Lipinski definition) is 4. The van der Waals surface area contributed by atoms with Crippen LogP contribution in [0.2, 0.25) is 0 Å². The van der Waals surface area contributed by atoms with Gasteiger partial charge >= 0.3 is 11.9 Å². The van der Waals surface area contributed by atoms with Crippen molar-refractivity contribution in [3.8, 4) is 5.75 Å². The fourth-order valence-electron chi connectivity index (χ4n) is 1.79. The van der Waals surface area contributed by atoms with E-state index in [1.807, 2.05) is 13.0 Å². The first-order valence-electron chi connectivity index (χ1n) is 7.48. The molecule has 4 heteroatoms. The van der Waals surface area contributed by atoms with Gasteiger partial charge in [0.25, 0.3) is 0 Å². The van der Waals surface area contributed by atoms with Gasteiger partial charge in [0.2, 0.25) is 0 Å². The smallest absolute Gasteiger partial charge is 0.325 e. The summed E-state index contributed by atoms with van der Waals surface area (Å²) in [5, 5.41) is 0. The van der Waals surface area contributed by atoms with E-state index in [1.165, 1.54) is 0 Å². The van der Waals surface area contributed by atoms with Gasteiger partial charge in [0.05, 0.1) is 6.61 Å². The highest BCUT2D eigenvalue weighted by Crippen LogP contribution is 2.16. The molecule has 1 atom stereocenters. The second-order valence-electron chi connectivity index (χ2n) is 5.43. The molecule has 0 spiro atoms. The molecule has 0 heterocycles. The maximum atomic E-state index is 12.1. The minimum Gasteiger partial charge on any atom is -0.465 e. The van der Waals surface area contributed by atoms with Crippen molar-refractivity contribution < 1.29 is 19.1 Å². The molecule has 116 valence electrons. The third-order valence-electron chi connectivity index (χ3n) is 3.05. The Bertz CT molecular complexity index is 439. The van der Waals surface area contributed by atoms with Crippen LogP contribution in [0.1, 0.15) is 40.0 Å². The number of ether oxygens (including phenoxy) is 2. The Morgan fingerprint density at radius 1 is 1.05 bits per heavy atom. The summed E-state index contributed by atoms with van der Waals surface area (Å²) in [5.41, 5.74) is 0. The van der Waals surface area contributed by atoms with Crippen LogP contribution >= 0.6 is 0 Å². The van der Waals surface area contributed by atoms with E-state index in [-0.39, 0.29) is 0 Å². The molecule has 0 aliphatic heterocycles. The zero-order valence-electron chi connectivity index (χ0n) is 13.0. The summed E-state index contributed by atoms with van der Waals surface area (Å²) < 4.78 is 10.4. The quantitative estimate of drug-likeness (QED) is 0.417. The molecule has 0 N–H and O–H groups in total. The molecule has 4 nitrogen and oxygen atoms in total. The van der Waals surface area contributed by atoms with E-state index in [2.05, 4.69) is 13.8 Å². The zero-order chi connectivity index (χ0) is 15.7. The highest BCUT2D eigenvalue weighted by Gasteiger charge is 2.29. The van der Waals surface area contributed by atoms with Crippen molar-refractivity contribution >= 4 is 11.9 Å². The number of carbonyl (C=O) groups is 2. The van der Waals surface area contributed by atoms with Crippen LogP contribution in [0, 0.1) is 11.8 Å². The maximum absolute atomic E-state index is 12.1. The third kappa shape index (κ3) is 6.43. The lowest BCUT2D eigenvalue weighted by atomic mass is 10.0. The topological polar surface area (TPSA) is 52.6 Å². The van der Waals surface area contributed by atoms with E-state index >= 15 is 0 Å². The monoisotopic (exact) mass is 292 g/mol. The maximum Gasteiger partial charge on any atom is 0.325 e. The Kier molecular flexibility index (Phi) is 7.51. The first-order chi connectivity index (χ1) is 10.0. The van der Waals surface area contributed by atoms with Crippen molar-refractivity contribution in [1.29, 1.82) is 0 Å². The van der Waals surface area contributed by atoms with Gasteiger partial charge in [-0.15, -0.1) is 0 Å². The molecule has 0 radical (unpaired) electrons. The summed E-state index contributed by atoms with van der Waals surface area (Å²) in [6.07, 6.45) is 1.94. The van der Waals surface area contributed by atoms with Gasteiger partial charge in [0, 0.05) is 0 Å². The molecule has 0 aliphatic carbocycles. The van der Waals surface area contributed by atoms with Crippen LogP contribution in [0.4, 0.5) is 0 Å². The Morgan fingerprint density at radius 2 is 1.71 bits per heavy atom. The van der Waals surface area contributed by atoms with Crippen LogP contribution < -0.4 is 4.74 Å². The van der Waals surface area contributed by atoms with E-state index in [4.69, 9.17) is 9.47 Å². The number of carbonyl (C=O) groups excluding carboxylic acids is 2. The lowest BCUT2D eigenvalue weighted by molar-refractivity contribution is -0.157. The zero-order valence-corrected chi connectivity index (χ0v) is 13.0. The summed E-state index contributed by atoms with van der Waals surface area (Å²) in [5.74, 6) is -0.976. The molecule has 1 unspecified atom stereocenters. The van der Waals surface area contributed by atoms with Gasteiger partial charge < -0.3 is 9.47 Å². The van der Waals surface area contributed by atoms with Crippen LogP contribution in [0.25, 0.3) is 0 Å². The van der Waals surface area contributed by atoms with Crippen molar-refractivity contribution in [3.63, 3.8) is 0 Å². The van der Waals surface area contributed by atoms with E-state index in [0.717, 1.165) is 6.42 Å². The summed E-state index contributed by atoms with van der Waals surface area (Å²) in [6.45, 7) is 6.38. The number of esters is 2. The molecule has 1 aromatic carbocycles. The molecule has 1 aromatic rings. The fourth-order valence-corrected chi connectivity index (χ4v) is 1.79. The van der Waals surface area contributed by atoms with E-state index in [9.17, 15) is 9.59 Å². The van der Waals surface area contributed by atoms with Crippen molar-refractivity contribution in [1.82, 2.24) is 0 Å². The molecule has 0 aliphatic rings. The summed E-state index contributed by atoms with van der Waals surface area (Å²) in [4.78, 5) is 24.1. The standard InChI is InChI=1S/C17H24O4/c1-4-8-15(16(18)20-12-11-13(2)3)17(19)21-14-9-6-5-7-10-14/h5-7,9-10,13,15H,4,8,11-12H2,1-3H3. The number of para-hydroxylation sites is 1. The second kappa shape index (κ2) is 9.16. The van der Waals surface area contributed by atoms with Gasteiger partial charge in [0.1, 0.15) is 5.75 Å². The van der Waals surface area contributed by atoms with Crippen molar-refractivity contribution in [3.05, 3.63) is 30.3 Å². The third-order valence-corrected chi connectivity index (χ3v) is 3.05. The van der Waals surface area contributed by atoms with Gasteiger partial charge in [-0.05, 0) is 30.9 Å². The minimum absolute atomic E-state index is 0.343. The first-order valence-corrected chi connectivity index (χ1v) is 7.48. The number of hydrogen-bond donors (Lipinski definition) is 0. The molecule has 0 bridgehead atoms. The molecule has 0 aromatic heterocycles. The number of rotatable bonds is 8. The SMILES string of the molecule is CCCC(C(=O)OCCC(C)C)C(=O)Oc1ccccc1. The van der Waals surface area contributed by atoms with Crippen LogP contribution in [0.3, 0.4) is 0 Å². The van der Waals surface area contributed by atoms with Gasteiger partial charge in [-0.2, -0.15) is 0 Å². The van der Waals surface area contributed by atoms with Gasteiger partial charge in [0.15, 0.2) is 5.92 Å². The lowest BCUT2D eigenvalue weighted by Gasteiger charge is -2.15. The van der Waals surface area contributed by atoms with Crippen molar-refractivity contribution in [2.45, 2.75) is 40.0 Å². The molecule has 0 saturated heterocycles.